The molecule has 0 aromatic carbocycles. The highest BCUT2D eigenvalue weighted by Crippen LogP contribution is 2.26. The molecule has 1 aliphatic carbocycles. The van der Waals surface area contributed by atoms with Crippen LogP contribution in [0.15, 0.2) is 0 Å². The summed E-state index contributed by atoms with van der Waals surface area (Å²) >= 11 is 0. The number of carbonyl (C=O) groups is 2. The van der Waals surface area contributed by atoms with E-state index >= 15 is 0 Å². The first-order chi connectivity index (χ1) is 7.66. The van der Waals surface area contributed by atoms with E-state index in [4.69, 9.17) is 5.11 Å². The number of carboxylic acid groups (broad SMARTS) is 1. The number of urea groups is 1. The second kappa shape index (κ2) is 4.72. The lowest BCUT2D eigenvalue weighted by atomic mass is 10.0. The molecule has 2 fully saturated rings. The van der Waals surface area contributed by atoms with Gasteiger partial charge in [0.05, 0.1) is 6.42 Å². The third-order valence-electron chi connectivity index (χ3n) is 3.49. The van der Waals surface area contributed by atoms with Crippen molar-refractivity contribution >= 4 is 12.0 Å². The minimum Gasteiger partial charge on any atom is -0.481 e. The number of hydrogen-bond acceptors (Lipinski definition) is 2. The van der Waals surface area contributed by atoms with Crippen molar-refractivity contribution in [2.45, 2.75) is 38.1 Å². The van der Waals surface area contributed by atoms with E-state index in [1.807, 2.05) is 4.90 Å². The zero-order chi connectivity index (χ0) is 11.5. The van der Waals surface area contributed by atoms with Crippen LogP contribution in [-0.4, -0.2) is 41.1 Å². The molecule has 2 rings (SSSR count). The van der Waals surface area contributed by atoms with Crippen molar-refractivity contribution in [1.82, 2.24) is 10.2 Å². The van der Waals surface area contributed by atoms with Gasteiger partial charge in [0.1, 0.15) is 0 Å². The average molecular weight is 226 g/mol. The van der Waals surface area contributed by atoms with Gasteiger partial charge in [-0.2, -0.15) is 0 Å². The number of carbonyl (C=O) groups excluding carboxylic acids is 1. The van der Waals surface area contributed by atoms with Crippen molar-refractivity contribution in [1.29, 1.82) is 0 Å². The van der Waals surface area contributed by atoms with Crippen LogP contribution in [0.3, 0.4) is 0 Å². The topological polar surface area (TPSA) is 69.6 Å². The van der Waals surface area contributed by atoms with Crippen LogP contribution in [0.2, 0.25) is 0 Å². The molecule has 1 atom stereocenters. The molecule has 5 heteroatoms. The van der Waals surface area contributed by atoms with Crippen molar-refractivity contribution in [2.75, 3.05) is 13.1 Å². The third-order valence-corrected chi connectivity index (χ3v) is 3.49. The van der Waals surface area contributed by atoms with Gasteiger partial charge in [-0.25, -0.2) is 4.79 Å². The third kappa shape index (κ3) is 2.46. The van der Waals surface area contributed by atoms with E-state index in [0.717, 1.165) is 12.8 Å². The summed E-state index contributed by atoms with van der Waals surface area (Å²) in [4.78, 5) is 24.2. The number of nitrogens with zero attached hydrogens (tertiary/aromatic N) is 1. The monoisotopic (exact) mass is 226 g/mol. The predicted molar refractivity (Wildman–Crippen MR) is 58.1 cm³/mol. The van der Waals surface area contributed by atoms with Gasteiger partial charge in [0, 0.05) is 25.0 Å². The van der Waals surface area contributed by atoms with Crippen LogP contribution in [-0.2, 0) is 4.79 Å². The van der Waals surface area contributed by atoms with Gasteiger partial charge >= 0.3 is 12.0 Å². The smallest absolute Gasteiger partial charge is 0.317 e. The van der Waals surface area contributed by atoms with E-state index in [9.17, 15) is 9.59 Å². The van der Waals surface area contributed by atoms with E-state index in [2.05, 4.69) is 5.32 Å². The summed E-state index contributed by atoms with van der Waals surface area (Å²) < 4.78 is 0. The molecule has 0 radical (unpaired) electrons. The van der Waals surface area contributed by atoms with Crippen molar-refractivity contribution in [3.63, 3.8) is 0 Å². The lowest BCUT2D eigenvalue weighted by molar-refractivity contribution is -0.138. The highest BCUT2D eigenvalue weighted by Gasteiger charge is 2.32. The molecule has 1 aliphatic heterocycles. The molecule has 1 saturated heterocycles. The summed E-state index contributed by atoms with van der Waals surface area (Å²) in [5, 5.41) is 11.5. The van der Waals surface area contributed by atoms with Crippen LogP contribution in [0, 0.1) is 5.92 Å². The van der Waals surface area contributed by atoms with E-state index in [0.29, 0.717) is 19.1 Å². The molecule has 0 aromatic rings. The molecule has 5 nitrogen and oxygen atoms in total. The largest absolute Gasteiger partial charge is 0.481 e. The average Bonchev–Trinajstić information content (AvgIpc) is 2.73. The number of aliphatic carboxylic acids is 1. The van der Waals surface area contributed by atoms with Gasteiger partial charge in [-0.1, -0.05) is 12.8 Å². The van der Waals surface area contributed by atoms with Crippen molar-refractivity contribution in [2.24, 2.45) is 5.92 Å². The van der Waals surface area contributed by atoms with Gasteiger partial charge in [0.15, 0.2) is 0 Å². The SMILES string of the molecule is O=C(O)CC1CNC(=O)N(C2CCCC2)C1. The zero-order valence-electron chi connectivity index (χ0n) is 9.32. The van der Waals surface area contributed by atoms with Gasteiger partial charge in [0.2, 0.25) is 0 Å². The summed E-state index contributed by atoms with van der Waals surface area (Å²) in [7, 11) is 0. The molecule has 0 aromatic heterocycles. The minimum atomic E-state index is -0.785. The maximum atomic E-state index is 11.7. The standard InChI is InChI=1S/C11H18N2O3/c14-10(15)5-8-6-12-11(16)13(7-8)9-3-1-2-4-9/h8-9H,1-7H2,(H,12,16)(H,14,15). The summed E-state index contributed by atoms with van der Waals surface area (Å²) in [6.45, 7) is 1.09. The Balaban J connectivity index is 1.94. The molecule has 0 bridgehead atoms. The number of amides is 2. The summed E-state index contributed by atoms with van der Waals surface area (Å²) in [6, 6.07) is 0.310. The molecule has 1 saturated carbocycles. The fraction of sp³-hybridized carbons (Fsp3) is 0.818. The van der Waals surface area contributed by atoms with E-state index in [1.54, 1.807) is 0 Å². The molecule has 2 amide bonds. The molecule has 1 unspecified atom stereocenters. The van der Waals surface area contributed by atoms with Gasteiger partial charge in [0.25, 0.3) is 0 Å². The van der Waals surface area contributed by atoms with Gasteiger partial charge in [-0.15, -0.1) is 0 Å². The van der Waals surface area contributed by atoms with Crippen molar-refractivity contribution < 1.29 is 14.7 Å². The van der Waals surface area contributed by atoms with E-state index in [-0.39, 0.29) is 18.4 Å². The van der Waals surface area contributed by atoms with Crippen LogP contribution in [0.1, 0.15) is 32.1 Å². The van der Waals surface area contributed by atoms with Crippen LogP contribution < -0.4 is 5.32 Å². The molecule has 2 N–H and O–H groups in total. The number of nitrogens with one attached hydrogen (secondary N) is 1. The first-order valence-corrected chi connectivity index (χ1v) is 5.93. The maximum Gasteiger partial charge on any atom is 0.317 e. The van der Waals surface area contributed by atoms with Crippen LogP contribution in [0.5, 0.6) is 0 Å². The second-order valence-corrected chi connectivity index (χ2v) is 4.74. The first kappa shape index (κ1) is 11.2. The fourth-order valence-corrected chi connectivity index (χ4v) is 2.67. The molecular weight excluding hydrogens is 208 g/mol. The van der Waals surface area contributed by atoms with Crippen LogP contribution >= 0.6 is 0 Å². The van der Waals surface area contributed by atoms with Gasteiger partial charge < -0.3 is 15.3 Å². The molecule has 2 aliphatic rings. The van der Waals surface area contributed by atoms with Gasteiger partial charge in [-0.3, -0.25) is 4.79 Å². The molecule has 90 valence electrons. The Morgan fingerprint density at radius 1 is 1.44 bits per heavy atom. The fourth-order valence-electron chi connectivity index (χ4n) is 2.67. The quantitative estimate of drug-likeness (QED) is 0.755. The second-order valence-electron chi connectivity index (χ2n) is 4.74. The molecule has 1 heterocycles. The zero-order valence-corrected chi connectivity index (χ0v) is 9.32. The Labute approximate surface area is 94.8 Å². The van der Waals surface area contributed by atoms with Crippen molar-refractivity contribution in [3.05, 3.63) is 0 Å². The van der Waals surface area contributed by atoms with Crippen LogP contribution in [0.25, 0.3) is 0 Å². The predicted octanol–water partition coefficient (Wildman–Crippen LogP) is 1.05. The summed E-state index contributed by atoms with van der Waals surface area (Å²) in [5.74, 6) is -0.733. The Bertz CT molecular complexity index is 287. The summed E-state index contributed by atoms with van der Waals surface area (Å²) in [6.07, 6.45) is 4.63. The lowest BCUT2D eigenvalue weighted by Crippen LogP contribution is -2.54. The maximum absolute atomic E-state index is 11.7. The number of carboxylic acids is 1. The Morgan fingerprint density at radius 2 is 2.12 bits per heavy atom. The highest BCUT2D eigenvalue weighted by atomic mass is 16.4. The Kier molecular flexibility index (Phi) is 3.31. The Morgan fingerprint density at radius 3 is 2.75 bits per heavy atom. The number of hydrogen-bond donors (Lipinski definition) is 2. The van der Waals surface area contributed by atoms with Gasteiger partial charge in [-0.05, 0) is 12.8 Å². The summed E-state index contributed by atoms with van der Waals surface area (Å²) in [5.41, 5.74) is 0. The normalized spacial score (nSPS) is 26.9. The van der Waals surface area contributed by atoms with E-state index < -0.39 is 5.97 Å². The Hall–Kier alpha value is -1.26. The van der Waals surface area contributed by atoms with Crippen LogP contribution in [0.4, 0.5) is 4.79 Å². The minimum absolute atomic E-state index is 0.0199. The molecule has 16 heavy (non-hydrogen) atoms. The molecule has 0 spiro atoms. The molecular formula is C11H18N2O3. The first-order valence-electron chi connectivity index (χ1n) is 5.93. The number of rotatable bonds is 3. The van der Waals surface area contributed by atoms with Crippen molar-refractivity contribution in [3.8, 4) is 0 Å². The lowest BCUT2D eigenvalue weighted by Gasteiger charge is -2.36. The highest BCUT2D eigenvalue weighted by molar-refractivity contribution is 5.76. The van der Waals surface area contributed by atoms with E-state index in [1.165, 1.54) is 12.8 Å².